The highest BCUT2D eigenvalue weighted by Gasteiger charge is 2.32. The van der Waals surface area contributed by atoms with Crippen LogP contribution in [0.15, 0.2) is 41.3 Å². The van der Waals surface area contributed by atoms with Crippen LogP contribution in [0.25, 0.3) is 0 Å². The number of likely N-dealkylation sites (tertiary alicyclic amines) is 1. The number of amides is 1. The number of ether oxygens (including phenoxy) is 1. The normalized spacial score (nSPS) is 15.1. The predicted octanol–water partition coefficient (Wildman–Crippen LogP) is 4.42. The molecule has 0 aliphatic carbocycles. The molecule has 2 aromatic carbocycles. The third kappa shape index (κ3) is 5.15. The lowest BCUT2D eigenvalue weighted by Crippen LogP contribution is -2.45. The largest absolute Gasteiger partial charge is 0.495 e. The molecule has 1 aliphatic heterocycles. The van der Waals surface area contributed by atoms with Crippen molar-refractivity contribution in [3.8, 4) is 5.75 Å². The van der Waals surface area contributed by atoms with Gasteiger partial charge in [0.1, 0.15) is 17.2 Å². The maximum absolute atomic E-state index is 13.8. The number of halogens is 1. The summed E-state index contributed by atoms with van der Waals surface area (Å²) in [5, 5.41) is 0.438. The van der Waals surface area contributed by atoms with Crippen LogP contribution in [0.4, 0.5) is 5.69 Å². The Kier molecular flexibility index (Phi) is 7.17. The van der Waals surface area contributed by atoms with Gasteiger partial charge in [0.2, 0.25) is 5.91 Å². The van der Waals surface area contributed by atoms with Crippen molar-refractivity contribution >= 4 is 33.2 Å². The Bertz CT molecular complexity index is 1060. The second kappa shape index (κ2) is 9.49. The van der Waals surface area contributed by atoms with E-state index in [1.54, 1.807) is 41.3 Å². The van der Waals surface area contributed by atoms with E-state index in [-0.39, 0.29) is 23.1 Å². The highest BCUT2D eigenvalue weighted by Crippen LogP contribution is 2.33. The van der Waals surface area contributed by atoms with Gasteiger partial charge in [0, 0.05) is 18.1 Å². The van der Waals surface area contributed by atoms with Crippen LogP contribution in [0.2, 0.25) is 5.02 Å². The number of carbonyl (C=O) groups excluding carboxylic acids is 1. The lowest BCUT2D eigenvalue weighted by atomic mass is 9.99. The highest BCUT2D eigenvalue weighted by atomic mass is 35.5. The number of benzene rings is 2. The fraction of sp³-hybridized carbons (Fsp3) is 0.435. The summed E-state index contributed by atoms with van der Waals surface area (Å²) in [6.07, 6.45) is 1.83. The second-order valence-corrected chi connectivity index (χ2v) is 10.4. The Morgan fingerprint density at radius 3 is 2.45 bits per heavy atom. The first-order chi connectivity index (χ1) is 14.6. The summed E-state index contributed by atoms with van der Waals surface area (Å²) in [6, 6.07) is 9.97. The molecule has 8 heteroatoms. The molecule has 1 amide bonds. The minimum Gasteiger partial charge on any atom is -0.495 e. The molecule has 1 heterocycles. The molecule has 0 bridgehead atoms. The third-order valence-electron chi connectivity index (χ3n) is 5.75. The van der Waals surface area contributed by atoms with Gasteiger partial charge in [-0.15, -0.1) is 0 Å². The minimum atomic E-state index is -4.09. The summed E-state index contributed by atoms with van der Waals surface area (Å²) < 4.78 is 34.0. The van der Waals surface area contributed by atoms with E-state index >= 15 is 0 Å². The molecule has 2 aromatic rings. The van der Waals surface area contributed by atoms with E-state index in [1.807, 2.05) is 13.8 Å². The molecule has 1 fully saturated rings. The number of methoxy groups -OCH3 is 1. The second-order valence-electron chi connectivity index (χ2n) is 8.16. The monoisotopic (exact) mass is 464 g/mol. The summed E-state index contributed by atoms with van der Waals surface area (Å²) >= 11 is 6.30. The number of carbonyl (C=O) groups is 1. The van der Waals surface area contributed by atoms with Gasteiger partial charge < -0.3 is 9.64 Å². The fourth-order valence-corrected chi connectivity index (χ4v) is 5.46. The van der Waals surface area contributed by atoms with Gasteiger partial charge >= 0.3 is 0 Å². The van der Waals surface area contributed by atoms with Crippen molar-refractivity contribution in [2.45, 2.75) is 38.5 Å². The van der Waals surface area contributed by atoms with Gasteiger partial charge in [0.25, 0.3) is 10.0 Å². The summed E-state index contributed by atoms with van der Waals surface area (Å²) in [6.45, 7) is 6.79. The molecule has 1 aliphatic rings. The van der Waals surface area contributed by atoms with Crippen LogP contribution in [0.5, 0.6) is 5.75 Å². The Labute approximate surface area is 189 Å². The molecule has 31 heavy (non-hydrogen) atoms. The van der Waals surface area contributed by atoms with Crippen LogP contribution in [0.3, 0.4) is 0 Å². The van der Waals surface area contributed by atoms with Crippen molar-refractivity contribution < 1.29 is 17.9 Å². The standard InChI is InChI=1S/C23H29ClN2O4S/c1-16-9-11-25(12-10-16)23(27)15-26(19-7-6-18(3)20(24)14-19)31(28,29)22-13-17(2)5-8-21(22)30-4/h5-8,13-14,16H,9-12,15H2,1-4H3. The lowest BCUT2D eigenvalue weighted by molar-refractivity contribution is -0.130. The number of nitrogens with zero attached hydrogens (tertiary/aromatic N) is 2. The van der Waals surface area contributed by atoms with Crippen LogP contribution in [0, 0.1) is 19.8 Å². The number of rotatable bonds is 6. The van der Waals surface area contributed by atoms with Crippen molar-refractivity contribution in [1.29, 1.82) is 0 Å². The van der Waals surface area contributed by atoms with E-state index in [0.29, 0.717) is 29.7 Å². The van der Waals surface area contributed by atoms with Crippen molar-refractivity contribution in [3.63, 3.8) is 0 Å². The molecule has 0 saturated carbocycles. The summed E-state index contributed by atoms with van der Waals surface area (Å²) in [5.41, 5.74) is 1.95. The van der Waals surface area contributed by atoms with Gasteiger partial charge in [-0.2, -0.15) is 0 Å². The molecule has 6 nitrogen and oxygen atoms in total. The molecule has 0 aromatic heterocycles. The third-order valence-corrected chi connectivity index (χ3v) is 7.95. The average Bonchev–Trinajstić information content (AvgIpc) is 2.74. The molecule has 0 radical (unpaired) electrons. The van der Waals surface area contributed by atoms with Gasteiger partial charge in [-0.1, -0.05) is 30.7 Å². The smallest absolute Gasteiger partial charge is 0.268 e. The van der Waals surface area contributed by atoms with E-state index < -0.39 is 10.0 Å². The van der Waals surface area contributed by atoms with Crippen LogP contribution in [-0.2, 0) is 14.8 Å². The Morgan fingerprint density at radius 2 is 1.84 bits per heavy atom. The number of piperidine rings is 1. The number of hydrogen-bond acceptors (Lipinski definition) is 4. The molecular weight excluding hydrogens is 436 g/mol. The predicted molar refractivity (Wildman–Crippen MR) is 123 cm³/mol. The van der Waals surface area contributed by atoms with Crippen molar-refractivity contribution in [2.24, 2.45) is 5.92 Å². The van der Waals surface area contributed by atoms with Crippen molar-refractivity contribution in [3.05, 3.63) is 52.5 Å². The van der Waals surface area contributed by atoms with Crippen LogP contribution >= 0.6 is 11.6 Å². The van der Waals surface area contributed by atoms with Gasteiger partial charge in [-0.05, 0) is 68.0 Å². The Balaban J connectivity index is 2.04. The zero-order chi connectivity index (χ0) is 22.8. The first-order valence-corrected chi connectivity index (χ1v) is 12.2. The Hall–Kier alpha value is -2.25. The molecule has 0 spiro atoms. The van der Waals surface area contributed by atoms with Crippen LogP contribution < -0.4 is 9.04 Å². The SMILES string of the molecule is COc1ccc(C)cc1S(=O)(=O)N(CC(=O)N1CCC(C)CC1)c1ccc(C)c(Cl)c1. The maximum atomic E-state index is 13.8. The van der Waals surface area contributed by atoms with E-state index in [9.17, 15) is 13.2 Å². The first-order valence-electron chi connectivity index (χ1n) is 10.3. The molecule has 0 atom stereocenters. The summed E-state index contributed by atoms with van der Waals surface area (Å²) in [7, 11) is -2.66. The first kappa shape index (κ1) is 23.4. The number of hydrogen-bond donors (Lipinski definition) is 0. The van der Waals surface area contributed by atoms with Crippen molar-refractivity contribution in [2.75, 3.05) is 31.0 Å². The van der Waals surface area contributed by atoms with Gasteiger partial charge in [0.15, 0.2) is 0 Å². The lowest BCUT2D eigenvalue weighted by Gasteiger charge is -2.33. The zero-order valence-corrected chi connectivity index (χ0v) is 20.0. The van der Waals surface area contributed by atoms with Crippen molar-refractivity contribution in [1.82, 2.24) is 4.90 Å². The summed E-state index contributed by atoms with van der Waals surface area (Å²) in [4.78, 5) is 14.9. The highest BCUT2D eigenvalue weighted by molar-refractivity contribution is 7.93. The molecule has 0 N–H and O–H groups in total. The topological polar surface area (TPSA) is 66.9 Å². The van der Waals surface area contributed by atoms with E-state index in [2.05, 4.69) is 6.92 Å². The van der Waals surface area contributed by atoms with Gasteiger partial charge in [-0.25, -0.2) is 8.42 Å². The fourth-order valence-electron chi connectivity index (χ4n) is 3.64. The Morgan fingerprint density at radius 1 is 1.16 bits per heavy atom. The molecule has 3 rings (SSSR count). The minimum absolute atomic E-state index is 0.0202. The van der Waals surface area contributed by atoms with Crippen LogP contribution in [0.1, 0.15) is 30.9 Å². The molecule has 168 valence electrons. The van der Waals surface area contributed by atoms with E-state index in [0.717, 1.165) is 28.3 Å². The maximum Gasteiger partial charge on any atom is 0.268 e. The average molecular weight is 465 g/mol. The van der Waals surface area contributed by atoms with Gasteiger partial charge in [0.05, 0.1) is 12.8 Å². The summed E-state index contributed by atoms with van der Waals surface area (Å²) in [5.74, 6) is 0.572. The molecular formula is C23H29ClN2O4S. The number of sulfonamides is 1. The number of anilines is 1. The van der Waals surface area contributed by atoms with Crippen LogP contribution in [-0.4, -0.2) is 46.0 Å². The zero-order valence-electron chi connectivity index (χ0n) is 18.4. The molecule has 0 unspecified atom stereocenters. The van der Waals surface area contributed by atoms with Gasteiger partial charge in [-0.3, -0.25) is 9.10 Å². The quantitative estimate of drug-likeness (QED) is 0.634. The number of aryl methyl sites for hydroxylation is 2. The van der Waals surface area contributed by atoms with E-state index in [1.165, 1.54) is 7.11 Å². The van der Waals surface area contributed by atoms with E-state index in [4.69, 9.17) is 16.3 Å². The molecule has 1 saturated heterocycles.